The molecule has 2 rings (SSSR count). The average Bonchev–Trinajstić information content (AvgIpc) is 3.05. The lowest BCUT2D eigenvalue weighted by atomic mass is 10.1. The van der Waals surface area contributed by atoms with Gasteiger partial charge in [0, 0.05) is 5.56 Å². The van der Waals surface area contributed by atoms with Crippen molar-refractivity contribution in [2.24, 2.45) is 0 Å². The predicted octanol–water partition coefficient (Wildman–Crippen LogP) is 3.13. The number of rotatable bonds is 6. The van der Waals surface area contributed by atoms with Gasteiger partial charge < -0.3 is 13.9 Å². The second kappa shape index (κ2) is 7.28. The first kappa shape index (κ1) is 14.8. The number of hydrogen-bond donors (Lipinski definition) is 0. The van der Waals surface area contributed by atoms with Crippen molar-refractivity contribution in [3.05, 3.63) is 60.1 Å². The highest BCUT2D eigenvalue weighted by molar-refractivity contribution is 5.89. The lowest BCUT2D eigenvalue weighted by molar-refractivity contribution is -0.154. The van der Waals surface area contributed by atoms with Gasteiger partial charge in [-0.2, -0.15) is 0 Å². The maximum atomic E-state index is 12.1. The molecule has 0 amide bonds. The first-order chi connectivity index (χ1) is 10.2. The largest absolute Gasteiger partial charge is 0.463 e. The summed E-state index contributed by atoms with van der Waals surface area (Å²) in [6.07, 6.45) is 0.957. The molecule has 0 saturated heterocycles. The van der Waals surface area contributed by atoms with Crippen LogP contribution in [0.5, 0.6) is 0 Å². The minimum Gasteiger partial charge on any atom is -0.463 e. The lowest BCUT2D eigenvalue weighted by Crippen LogP contribution is -2.22. The van der Waals surface area contributed by atoms with E-state index in [1.807, 2.05) is 13.0 Å². The van der Waals surface area contributed by atoms with Crippen molar-refractivity contribution in [2.75, 3.05) is 6.61 Å². The van der Waals surface area contributed by atoms with Crippen molar-refractivity contribution < 1.29 is 23.5 Å². The minimum atomic E-state index is -1.10. The van der Waals surface area contributed by atoms with Crippen LogP contribution < -0.4 is 0 Å². The highest BCUT2D eigenvalue weighted by Gasteiger charge is 2.27. The molecule has 0 N–H and O–H groups in total. The molecule has 1 aromatic carbocycles. The summed E-state index contributed by atoms with van der Waals surface area (Å²) in [5, 5.41) is 0. The molecule has 1 aromatic heterocycles. The van der Waals surface area contributed by atoms with E-state index in [9.17, 15) is 9.59 Å². The van der Waals surface area contributed by atoms with E-state index in [2.05, 4.69) is 0 Å². The maximum Gasteiger partial charge on any atom is 0.375 e. The summed E-state index contributed by atoms with van der Waals surface area (Å²) in [5.74, 6) is -1.26. The Morgan fingerprint density at radius 3 is 2.52 bits per heavy atom. The topological polar surface area (TPSA) is 65.7 Å². The molecule has 1 heterocycles. The molecule has 0 aliphatic carbocycles. The van der Waals surface area contributed by atoms with Crippen molar-refractivity contribution in [3.8, 4) is 0 Å². The van der Waals surface area contributed by atoms with Crippen LogP contribution in [-0.4, -0.2) is 18.5 Å². The SMILES string of the molecule is CCCOC(=O)C(OC(=O)c1ccco1)c1ccccc1. The van der Waals surface area contributed by atoms with Crippen molar-refractivity contribution in [3.63, 3.8) is 0 Å². The van der Waals surface area contributed by atoms with E-state index < -0.39 is 18.0 Å². The molecule has 0 radical (unpaired) electrons. The van der Waals surface area contributed by atoms with Gasteiger partial charge in [-0.15, -0.1) is 0 Å². The third-order valence-electron chi connectivity index (χ3n) is 2.71. The zero-order valence-electron chi connectivity index (χ0n) is 11.7. The van der Waals surface area contributed by atoms with Crippen LogP contribution in [0.15, 0.2) is 53.1 Å². The van der Waals surface area contributed by atoms with Crippen LogP contribution in [-0.2, 0) is 14.3 Å². The van der Waals surface area contributed by atoms with E-state index in [0.29, 0.717) is 12.0 Å². The van der Waals surface area contributed by atoms with Crippen LogP contribution in [0.1, 0.15) is 35.6 Å². The Morgan fingerprint density at radius 2 is 1.90 bits per heavy atom. The third kappa shape index (κ3) is 3.95. The van der Waals surface area contributed by atoms with Gasteiger partial charge in [0.15, 0.2) is 0 Å². The Morgan fingerprint density at radius 1 is 1.14 bits per heavy atom. The molecular formula is C16H16O5. The molecule has 0 spiro atoms. The summed E-state index contributed by atoms with van der Waals surface area (Å²) in [7, 11) is 0. The molecular weight excluding hydrogens is 272 g/mol. The zero-order valence-corrected chi connectivity index (χ0v) is 11.7. The second-order valence-corrected chi connectivity index (χ2v) is 4.34. The molecule has 5 nitrogen and oxygen atoms in total. The highest BCUT2D eigenvalue weighted by atomic mass is 16.6. The van der Waals surface area contributed by atoms with Crippen molar-refractivity contribution in [1.82, 2.24) is 0 Å². The van der Waals surface area contributed by atoms with Gasteiger partial charge in [0.2, 0.25) is 11.9 Å². The van der Waals surface area contributed by atoms with Gasteiger partial charge in [-0.1, -0.05) is 37.3 Å². The Labute approximate surface area is 122 Å². The molecule has 0 bridgehead atoms. The maximum absolute atomic E-state index is 12.1. The number of benzene rings is 1. The highest BCUT2D eigenvalue weighted by Crippen LogP contribution is 2.21. The van der Waals surface area contributed by atoms with E-state index in [0.717, 1.165) is 0 Å². The van der Waals surface area contributed by atoms with Crippen LogP contribution in [0.25, 0.3) is 0 Å². The molecule has 0 fully saturated rings. The van der Waals surface area contributed by atoms with Crippen molar-refractivity contribution >= 4 is 11.9 Å². The van der Waals surface area contributed by atoms with Gasteiger partial charge in [-0.05, 0) is 18.6 Å². The molecule has 0 saturated carbocycles. The van der Waals surface area contributed by atoms with Crippen LogP contribution in [0, 0.1) is 0 Å². The number of carbonyl (C=O) groups is 2. The Hall–Kier alpha value is -2.56. The fourth-order valence-electron chi connectivity index (χ4n) is 1.72. The molecule has 110 valence electrons. The van der Waals surface area contributed by atoms with E-state index in [-0.39, 0.29) is 12.4 Å². The number of carbonyl (C=O) groups excluding carboxylic acids is 2. The van der Waals surface area contributed by atoms with Gasteiger partial charge in [0.05, 0.1) is 12.9 Å². The monoisotopic (exact) mass is 288 g/mol. The quantitative estimate of drug-likeness (QED) is 0.764. The fourth-order valence-corrected chi connectivity index (χ4v) is 1.72. The number of furan rings is 1. The number of ether oxygens (including phenoxy) is 2. The lowest BCUT2D eigenvalue weighted by Gasteiger charge is -2.16. The summed E-state index contributed by atoms with van der Waals surface area (Å²) in [5.41, 5.74) is 0.554. The summed E-state index contributed by atoms with van der Waals surface area (Å²) >= 11 is 0. The molecule has 0 aliphatic rings. The van der Waals surface area contributed by atoms with E-state index in [4.69, 9.17) is 13.9 Å². The van der Waals surface area contributed by atoms with Crippen LogP contribution in [0.3, 0.4) is 0 Å². The minimum absolute atomic E-state index is 0.0409. The van der Waals surface area contributed by atoms with E-state index >= 15 is 0 Å². The summed E-state index contributed by atoms with van der Waals surface area (Å²) in [6.45, 7) is 2.17. The van der Waals surface area contributed by atoms with E-state index in [1.54, 1.807) is 30.3 Å². The van der Waals surface area contributed by atoms with Gasteiger partial charge in [0.25, 0.3) is 0 Å². The average molecular weight is 288 g/mol. The first-order valence-corrected chi connectivity index (χ1v) is 6.68. The van der Waals surface area contributed by atoms with Crippen LogP contribution >= 0.6 is 0 Å². The normalized spacial score (nSPS) is 11.7. The first-order valence-electron chi connectivity index (χ1n) is 6.68. The van der Waals surface area contributed by atoms with Crippen LogP contribution in [0.2, 0.25) is 0 Å². The Balaban J connectivity index is 2.16. The molecule has 21 heavy (non-hydrogen) atoms. The van der Waals surface area contributed by atoms with Crippen molar-refractivity contribution in [2.45, 2.75) is 19.4 Å². The standard InChI is InChI=1S/C16H16O5/c1-2-10-20-16(18)14(12-7-4-3-5-8-12)21-15(17)13-9-6-11-19-13/h3-9,11,14H,2,10H2,1H3. The molecule has 2 aromatic rings. The zero-order chi connectivity index (χ0) is 15.1. The number of esters is 2. The molecule has 5 heteroatoms. The summed E-state index contributed by atoms with van der Waals surface area (Å²) in [4.78, 5) is 24.0. The predicted molar refractivity (Wildman–Crippen MR) is 74.6 cm³/mol. The fraction of sp³-hybridized carbons (Fsp3) is 0.250. The van der Waals surface area contributed by atoms with Gasteiger partial charge in [-0.3, -0.25) is 0 Å². The van der Waals surface area contributed by atoms with Gasteiger partial charge in [0.1, 0.15) is 0 Å². The van der Waals surface area contributed by atoms with Gasteiger partial charge in [-0.25, -0.2) is 9.59 Å². The number of hydrogen-bond acceptors (Lipinski definition) is 5. The van der Waals surface area contributed by atoms with Gasteiger partial charge >= 0.3 is 11.9 Å². The van der Waals surface area contributed by atoms with E-state index in [1.165, 1.54) is 12.3 Å². The van der Waals surface area contributed by atoms with Crippen LogP contribution in [0.4, 0.5) is 0 Å². The molecule has 0 aliphatic heterocycles. The summed E-state index contributed by atoms with van der Waals surface area (Å²) in [6, 6.07) is 11.8. The smallest absolute Gasteiger partial charge is 0.375 e. The van der Waals surface area contributed by atoms with Crippen molar-refractivity contribution in [1.29, 1.82) is 0 Å². The summed E-state index contributed by atoms with van der Waals surface area (Å²) < 4.78 is 15.3. The third-order valence-corrected chi connectivity index (χ3v) is 2.71. The molecule has 1 unspecified atom stereocenters. The Kier molecular flexibility index (Phi) is 5.15. The molecule has 1 atom stereocenters. The Bertz CT molecular complexity index is 574. The second-order valence-electron chi connectivity index (χ2n) is 4.34.